The molecule has 2 aromatic carbocycles. The van der Waals surface area contributed by atoms with Crippen LogP contribution in [0.2, 0.25) is 0 Å². The Morgan fingerprint density at radius 1 is 1.17 bits per heavy atom. The molecular weight excluding hydrogens is 288 g/mol. The van der Waals surface area contributed by atoms with Crippen molar-refractivity contribution in [2.75, 3.05) is 5.32 Å². The molecule has 0 saturated heterocycles. The quantitative estimate of drug-likeness (QED) is 0.858. The van der Waals surface area contributed by atoms with E-state index in [1.165, 1.54) is 0 Å². The molecule has 0 fully saturated rings. The Labute approximate surface area is 137 Å². The van der Waals surface area contributed by atoms with E-state index in [-0.39, 0.29) is 17.9 Å². The summed E-state index contributed by atoms with van der Waals surface area (Å²) in [5.41, 5.74) is 8.63. The van der Waals surface area contributed by atoms with Crippen molar-refractivity contribution in [3.8, 4) is 5.75 Å². The highest BCUT2D eigenvalue weighted by molar-refractivity contribution is 5.93. The van der Waals surface area contributed by atoms with Crippen molar-refractivity contribution in [2.45, 2.75) is 33.4 Å². The first-order valence-corrected chi connectivity index (χ1v) is 7.81. The van der Waals surface area contributed by atoms with Crippen molar-refractivity contribution in [1.82, 2.24) is 0 Å². The number of hydrogen-bond acceptors (Lipinski definition) is 3. The standard InChI is InChI=1S/C19H24N2O2/c1-13-11-17(23-12-16-7-5-4-6-8-16)9-10-18(13)21-19(22)14(2)15(3)20/h4-11,14-15H,12,20H2,1-3H3,(H,21,22). The monoisotopic (exact) mass is 312 g/mol. The summed E-state index contributed by atoms with van der Waals surface area (Å²) in [6.45, 7) is 6.12. The van der Waals surface area contributed by atoms with Gasteiger partial charge in [0.2, 0.25) is 5.91 Å². The lowest BCUT2D eigenvalue weighted by molar-refractivity contribution is -0.119. The molecule has 0 heterocycles. The van der Waals surface area contributed by atoms with Crippen molar-refractivity contribution in [1.29, 1.82) is 0 Å². The Balaban J connectivity index is 1.99. The first-order chi connectivity index (χ1) is 11.0. The molecule has 2 atom stereocenters. The molecule has 1 amide bonds. The fourth-order valence-electron chi connectivity index (χ4n) is 2.09. The van der Waals surface area contributed by atoms with E-state index in [2.05, 4.69) is 5.32 Å². The van der Waals surface area contributed by atoms with Crippen LogP contribution in [-0.4, -0.2) is 11.9 Å². The van der Waals surface area contributed by atoms with Gasteiger partial charge < -0.3 is 15.8 Å². The van der Waals surface area contributed by atoms with Crippen LogP contribution in [-0.2, 0) is 11.4 Å². The Morgan fingerprint density at radius 3 is 2.48 bits per heavy atom. The minimum atomic E-state index is -0.233. The Bertz CT molecular complexity index is 654. The maximum absolute atomic E-state index is 12.1. The van der Waals surface area contributed by atoms with Crippen LogP contribution in [0.3, 0.4) is 0 Å². The molecule has 0 radical (unpaired) electrons. The summed E-state index contributed by atoms with van der Waals surface area (Å²) in [6, 6.07) is 15.5. The van der Waals surface area contributed by atoms with Crippen LogP contribution in [0.5, 0.6) is 5.75 Å². The second-order valence-corrected chi connectivity index (χ2v) is 5.89. The van der Waals surface area contributed by atoms with Gasteiger partial charge >= 0.3 is 0 Å². The van der Waals surface area contributed by atoms with E-state index in [0.29, 0.717) is 6.61 Å². The number of ether oxygens (including phenoxy) is 1. The van der Waals surface area contributed by atoms with E-state index >= 15 is 0 Å². The number of carbonyl (C=O) groups is 1. The van der Waals surface area contributed by atoms with Crippen LogP contribution in [0.4, 0.5) is 5.69 Å². The molecule has 2 unspecified atom stereocenters. The summed E-state index contributed by atoms with van der Waals surface area (Å²) in [5, 5.41) is 2.92. The Kier molecular flexibility index (Phi) is 5.77. The van der Waals surface area contributed by atoms with E-state index in [9.17, 15) is 4.79 Å². The third-order valence-corrected chi connectivity index (χ3v) is 3.91. The normalized spacial score (nSPS) is 13.2. The van der Waals surface area contributed by atoms with E-state index in [0.717, 1.165) is 22.6 Å². The van der Waals surface area contributed by atoms with Crippen LogP contribution in [0.25, 0.3) is 0 Å². The summed E-state index contributed by atoms with van der Waals surface area (Å²) in [7, 11) is 0. The van der Waals surface area contributed by atoms with Crippen molar-refractivity contribution < 1.29 is 9.53 Å². The zero-order chi connectivity index (χ0) is 16.8. The third-order valence-electron chi connectivity index (χ3n) is 3.91. The predicted octanol–water partition coefficient (Wildman–Crippen LogP) is 3.50. The smallest absolute Gasteiger partial charge is 0.228 e. The average Bonchev–Trinajstić information content (AvgIpc) is 2.55. The Hall–Kier alpha value is -2.33. The second kappa shape index (κ2) is 7.79. The topological polar surface area (TPSA) is 64.3 Å². The van der Waals surface area contributed by atoms with Gasteiger partial charge in [-0.3, -0.25) is 4.79 Å². The minimum absolute atomic E-state index is 0.0685. The molecule has 0 bridgehead atoms. The summed E-state index contributed by atoms with van der Waals surface area (Å²) in [4.78, 5) is 12.1. The van der Waals surface area contributed by atoms with Crippen LogP contribution >= 0.6 is 0 Å². The van der Waals surface area contributed by atoms with Gasteiger partial charge in [-0.25, -0.2) is 0 Å². The van der Waals surface area contributed by atoms with Crippen LogP contribution in [0, 0.1) is 12.8 Å². The molecule has 122 valence electrons. The second-order valence-electron chi connectivity index (χ2n) is 5.89. The Morgan fingerprint density at radius 2 is 1.87 bits per heavy atom. The summed E-state index contributed by atoms with van der Waals surface area (Å²) >= 11 is 0. The molecule has 0 aliphatic carbocycles. The van der Waals surface area contributed by atoms with Crippen LogP contribution in [0.15, 0.2) is 48.5 Å². The van der Waals surface area contributed by atoms with Gasteiger partial charge in [-0.2, -0.15) is 0 Å². The van der Waals surface area contributed by atoms with Gasteiger partial charge in [-0.05, 0) is 43.2 Å². The van der Waals surface area contributed by atoms with Gasteiger partial charge in [0.25, 0.3) is 0 Å². The predicted molar refractivity (Wildman–Crippen MR) is 93.4 cm³/mol. The number of hydrogen-bond donors (Lipinski definition) is 2. The highest BCUT2D eigenvalue weighted by Crippen LogP contribution is 2.23. The van der Waals surface area contributed by atoms with Crippen molar-refractivity contribution in [2.24, 2.45) is 11.7 Å². The summed E-state index contributed by atoms with van der Waals surface area (Å²) in [5.74, 6) is 0.481. The van der Waals surface area contributed by atoms with Crippen LogP contribution in [0.1, 0.15) is 25.0 Å². The van der Waals surface area contributed by atoms with Crippen LogP contribution < -0.4 is 15.8 Å². The lowest BCUT2D eigenvalue weighted by Gasteiger charge is -2.17. The number of anilines is 1. The van der Waals surface area contributed by atoms with E-state index in [1.807, 2.05) is 69.3 Å². The molecule has 4 heteroatoms. The van der Waals surface area contributed by atoms with Gasteiger partial charge in [-0.15, -0.1) is 0 Å². The van der Waals surface area contributed by atoms with Gasteiger partial charge in [-0.1, -0.05) is 37.3 Å². The maximum Gasteiger partial charge on any atom is 0.228 e. The fraction of sp³-hybridized carbons (Fsp3) is 0.316. The zero-order valence-electron chi connectivity index (χ0n) is 13.9. The molecule has 2 aromatic rings. The largest absolute Gasteiger partial charge is 0.489 e. The highest BCUT2D eigenvalue weighted by Gasteiger charge is 2.17. The number of rotatable bonds is 6. The number of carbonyl (C=O) groups excluding carboxylic acids is 1. The minimum Gasteiger partial charge on any atom is -0.489 e. The van der Waals surface area contributed by atoms with E-state index in [4.69, 9.17) is 10.5 Å². The molecule has 2 rings (SSSR count). The molecule has 3 N–H and O–H groups in total. The highest BCUT2D eigenvalue weighted by atomic mass is 16.5. The molecule has 0 aromatic heterocycles. The number of nitrogens with one attached hydrogen (secondary N) is 1. The van der Waals surface area contributed by atoms with Crippen molar-refractivity contribution in [3.63, 3.8) is 0 Å². The molecular formula is C19H24N2O2. The maximum atomic E-state index is 12.1. The zero-order valence-corrected chi connectivity index (χ0v) is 13.9. The van der Waals surface area contributed by atoms with Gasteiger partial charge in [0.05, 0.1) is 5.92 Å². The van der Waals surface area contributed by atoms with E-state index < -0.39 is 0 Å². The molecule has 4 nitrogen and oxygen atoms in total. The lowest BCUT2D eigenvalue weighted by Crippen LogP contribution is -2.34. The SMILES string of the molecule is Cc1cc(OCc2ccccc2)ccc1NC(=O)C(C)C(C)N. The van der Waals surface area contributed by atoms with Crippen molar-refractivity contribution >= 4 is 11.6 Å². The van der Waals surface area contributed by atoms with Gasteiger partial charge in [0.1, 0.15) is 12.4 Å². The molecule has 23 heavy (non-hydrogen) atoms. The van der Waals surface area contributed by atoms with Gasteiger partial charge in [0, 0.05) is 11.7 Å². The average molecular weight is 312 g/mol. The number of benzene rings is 2. The van der Waals surface area contributed by atoms with Crippen molar-refractivity contribution in [3.05, 3.63) is 59.7 Å². The number of nitrogens with two attached hydrogens (primary N) is 1. The number of amides is 1. The summed E-state index contributed by atoms with van der Waals surface area (Å²) in [6.07, 6.45) is 0. The molecule has 0 saturated carbocycles. The molecule has 0 spiro atoms. The van der Waals surface area contributed by atoms with E-state index in [1.54, 1.807) is 0 Å². The molecule has 0 aliphatic rings. The third kappa shape index (κ3) is 4.83. The van der Waals surface area contributed by atoms with Gasteiger partial charge in [0.15, 0.2) is 0 Å². The lowest BCUT2D eigenvalue weighted by atomic mass is 10.0. The molecule has 0 aliphatic heterocycles. The number of aryl methyl sites for hydroxylation is 1. The fourth-order valence-corrected chi connectivity index (χ4v) is 2.09. The first-order valence-electron chi connectivity index (χ1n) is 7.81. The first kappa shape index (κ1) is 17.0. The summed E-state index contributed by atoms with van der Waals surface area (Å²) < 4.78 is 5.79.